The fourth-order valence-corrected chi connectivity index (χ4v) is 1.57. The number of carboxylic acids is 1. The van der Waals surface area contributed by atoms with E-state index in [2.05, 4.69) is 10.6 Å². The van der Waals surface area contributed by atoms with E-state index < -0.39 is 28.9 Å². The van der Waals surface area contributed by atoms with Crippen molar-refractivity contribution in [3.05, 3.63) is 0 Å². The smallest absolute Gasteiger partial charge is 0.329 e. The number of carbonyl (C=O) groups excluding carboxylic acids is 2. The highest BCUT2D eigenvalue weighted by Gasteiger charge is 2.45. The van der Waals surface area contributed by atoms with Gasteiger partial charge in [0.2, 0.25) is 5.91 Å². The lowest BCUT2D eigenvalue weighted by Gasteiger charge is -2.38. The van der Waals surface area contributed by atoms with Gasteiger partial charge in [0, 0.05) is 6.54 Å². The van der Waals surface area contributed by atoms with Gasteiger partial charge in [0.05, 0.1) is 5.41 Å². The van der Waals surface area contributed by atoms with Crippen LogP contribution in [0.2, 0.25) is 0 Å². The van der Waals surface area contributed by atoms with Crippen LogP contribution in [0.4, 0.5) is 4.79 Å². The zero-order chi connectivity index (χ0) is 14.0. The molecule has 1 aliphatic carbocycles. The summed E-state index contributed by atoms with van der Waals surface area (Å²) in [7, 11) is 0. The minimum Gasteiger partial charge on any atom is -0.480 e. The molecule has 1 aliphatic rings. The largest absolute Gasteiger partial charge is 0.480 e. The Kier molecular flexibility index (Phi) is 3.83. The molecular formula is C11H19N3O4. The number of nitrogens with one attached hydrogen (secondary N) is 2. The third kappa shape index (κ3) is 2.91. The van der Waals surface area contributed by atoms with Gasteiger partial charge >= 0.3 is 12.0 Å². The Hall–Kier alpha value is -1.79. The Morgan fingerprint density at radius 1 is 1.33 bits per heavy atom. The molecule has 0 aromatic heterocycles. The van der Waals surface area contributed by atoms with Crippen molar-refractivity contribution in [2.75, 3.05) is 6.54 Å². The van der Waals surface area contributed by atoms with Crippen LogP contribution in [-0.4, -0.2) is 35.1 Å². The quantitative estimate of drug-likeness (QED) is 0.545. The number of carboxylic acid groups (broad SMARTS) is 1. The molecule has 0 unspecified atom stereocenters. The van der Waals surface area contributed by atoms with Gasteiger partial charge in [0.15, 0.2) is 0 Å². The lowest BCUT2D eigenvalue weighted by Crippen LogP contribution is -2.61. The van der Waals surface area contributed by atoms with Gasteiger partial charge in [-0.15, -0.1) is 0 Å². The van der Waals surface area contributed by atoms with Gasteiger partial charge in [-0.25, -0.2) is 9.59 Å². The predicted molar refractivity (Wildman–Crippen MR) is 63.7 cm³/mol. The Bertz CT molecular complexity index is 374. The summed E-state index contributed by atoms with van der Waals surface area (Å²) in [6, 6.07) is -0.591. The van der Waals surface area contributed by atoms with Gasteiger partial charge in [-0.3, -0.25) is 4.79 Å². The molecule has 0 radical (unpaired) electrons. The topological polar surface area (TPSA) is 122 Å². The van der Waals surface area contributed by atoms with Crippen molar-refractivity contribution in [1.29, 1.82) is 0 Å². The molecule has 7 heteroatoms. The number of urea groups is 1. The van der Waals surface area contributed by atoms with Gasteiger partial charge in [-0.1, -0.05) is 0 Å². The Labute approximate surface area is 105 Å². The van der Waals surface area contributed by atoms with E-state index in [0.29, 0.717) is 12.8 Å². The molecule has 1 saturated carbocycles. The number of primary amides is 1. The first-order valence-corrected chi connectivity index (χ1v) is 5.79. The zero-order valence-electron chi connectivity index (χ0n) is 10.6. The SMILES string of the molecule is CC(C)(CNC(=O)NC1(C(=O)O)CCC1)C(N)=O. The van der Waals surface area contributed by atoms with Crippen molar-refractivity contribution in [2.45, 2.75) is 38.6 Å². The lowest BCUT2D eigenvalue weighted by molar-refractivity contribution is -0.148. The van der Waals surface area contributed by atoms with Crippen molar-refractivity contribution in [3.63, 3.8) is 0 Å². The number of hydrogen-bond donors (Lipinski definition) is 4. The maximum atomic E-state index is 11.6. The number of aliphatic carboxylic acids is 1. The molecule has 1 fully saturated rings. The summed E-state index contributed by atoms with van der Waals surface area (Å²) in [4.78, 5) is 33.7. The van der Waals surface area contributed by atoms with Crippen LogP contribution in [0.15, 0.2) is 0 Å². The third-order valence-electron chi connectivity index (χ3n) is 3.33. The van der Waals surface area contributed by atoms with Crippen LogP contribution in [0.5, 0.6) is 0 Å². The van der Waals surface area contributed by atoms with E-state index in [9.17, 15) is 14.4 Å². The van der Waals surface area contributed by atoms with Crippen LogP contribution in [0, 0.1) is 5.41 Å². The fourth-order valence-electron chi connectivity index (χ4n) is 1.57. The van der Waals surface area contributed by atoms with E-state index in [4.69, 9.17) is 10.8 Å². The summed E-state index contributed by atoms with van der Waals surface area (Å²) in [5.74, 6) is -1.56. The van der Waals surface area contributed by atoms with E-state index in [1.165, 1.54) is 0 Å². The molecule has 0 atom stereocenters. The van der Waals surface area contributed by atoms with Crippen LogP contribution in [0.3, 0.4) is 0 Å². The molecular weight excluding hydrogens is 238 g/mol. The average Bonchev–Trinajstić information content (AvgIpc) is 2.20. The number of rotatable bonds is 5. The molecule has 0 spiro atoms. The van der Waals surface area contributed by atoms with Crippen LogP contribution in [0.1, 0.15) is 33.1 Å². The average molecular weight is 257 g/mol. The Balaban J connectivity index is 2.48. The van der Waals surface area contributed by atoms with Crippen LogP contribution < -0.4 is 16.4 Å². The van der Waals surface area contributed by atoms with Gasteiger partial charge in [0.25, 0.3) is 0 Å². The van der Waals surface area contributed by atoms with E-state index in [0.717, 1.165) is 6.42 Å². The summed E-state index contributed by atoms with van der Waals surface area (Å²) in [5, 5.41) is 13.9. The minimum atomic E-state index is -1.15. The highest BCUT2D eigenvalue weighted by Crippen LogP contribution is 2.31. The number of nitrogens with two attached hydrogens (primary N) is 1. The molecule has 0 bridgehead atoms. The second-order valence-corrected chi connectivity index (χ2v) is 5.30. The minimum absolute atomic E-state index is 0.0594. The normalized spacial score (nSPS) is 17.4. The molecule has 1 rings (SSSR count). The zero-order valence-corrected chi connectivity index (χ0v) is 10.6. The summed E-state index contributed by atoms with van der Waals surface area (Å²) >= 11 is 0. The molecule has 7 nitrogen and oxygen atoms in total. The number of amides is 3. The summed E-state index contributed by atoms with van der Waals surface area (Å²) in [6.45, 7) is 3.27. The van der Waals surface area contributed by atoms with Crippen LogP contribution in [0.25, 0.3) is 0 Å². The summed E-state index contributed by atoms with van der Waals surface area (Å²) in [6.07, 6.45) is 1.63. The number of carbonyl (C=O) groups is 3. The standard InChI is InChI=1S/C11H19N3O4/c1-10(2,7(12)15)6-13-9(18)14-11(8(16)17)4-3-5-11/h3-6H2,1-2H3,(H2,12,15)(H,16,17)(H2,13,14,18). The molecule has 0 heterocycles. The first-order valence-electron chi connectivity index (χ1n) is 5.79. The Morgan fingerprint density at radius 3 is 2.22 bits per heavy atom. The second-order valence-electron chi connectivity index (χ2n) is 5.30. The molecule has 0 aromatic carbocycles. The first kappa shape index (κ1) is 14.3. The molecule has 102 valence electrons. The van der Waals surface area contributed by atoms with E-state index >= 15 is 0 Å². The molecule has 0 aromatic rings. The van der Waals surface area contributed by atoms with Gasteiger partial charge in [-0.05, 0) is 33.1 Å². The lowest BCUT2D eigenvalue weighted by atomic mass is 9.77. The summed E-state index contributed by atoms with van der Waals surface area (Å²) in [5.41, 5.74) is 3.14. The Morgan fingerprint density at radius 2 is 1.89 bits per heavy atom. The molecule has 18 heavy (non-hydrogen) atoms. The maximum Gasteiger partial charge on any atom is 0.329 e. The highest BCUT2D eigenvalue weighted by atomic mass is 16.4. The van der Waals surface area contributed by atoms with Crippen LogP contribution >= 0.6 is 0 Å². The molecule has 0 saturated heterocycles. The van der Waals surface area contributed by atoms with E-state index in [1.54, 1.807) is 13.8 Å². The van der Waals surface area contributed by atoms with Gasteiger partial charge in [-0.2, -0.15) is 0 Å². The molecule has 0 aliphatic heterocycles. The van der Waals surface area contributed by atoms with Crippen molar-refractivity contribution in [1.82, 2.24) is 10.6 Å². The number of hydrogen-bond acceptors (Lipinski definition) is 3. The van der Waals surface area contributed by atoms with Crippen molar-refractivity contribution >= 4 is 17.9 Å². The second kappa shape index (κ2) is 4.83. The van der Waals surface area contributed by atoms with E-state index in [1.807, 2.05) is 0 Å². The first-order chi connectivity index (χ1) is 8.19. The maximum absolute atomic E-state index is 11.6. The van der Waals surface area contributed by atoms with Crippen molar-refractivity contribution in [2.24, 2.45) is 11.1 Å². The molecule has 3 amide bonds. The predicted octanol–water partition coefficient (Wildman–Crippen LogP) is -0.196. The fraction of sp³-hybridized carbons (Fsp3) is 0.727. The van der Waals surface area contributed by atoms with Crippen LogP contribution in [-0.2, 0) is 9.59 Å². The van der Waals surface area contributed by atoms with E-state index in [-0.39, 0.29) is 6.54 Å². The van der Waals surface area contributed by atoms with Gasteiger partial charge in [0.1, 0.15) is 5.54 Å². The highest BCUT2D eigenvalue weighted by molar-refractivity contribution is 5.87. The van der Waals surface area contributed by atoms with Crippen molar-refractivity contribution in [3.8, 4) is 0 Å². The van der Waals surface area contributed by atoms with Crippen molar-refractivity contribution < 1.29 is 19.5 Å². The monoisotopic (exact) mass is 257 g/mol. The molecule has 5 N–H and O–H groups in total. The van der Waals surface area contributed by atoms with Gasteiger partial charge < -0.3 is 21.5 Å². The summed E-state index contributed by atoms with van der Waals surface area (Å²) < 4.78 is 0. The third-order valence-corrected chi connectivity index (χ3v) is 3.33.